The van der Waals surface area contributed by atoms with E-state index in [-0.39, 0.29) is 3.61 Å². The molecule has 0 amide bonds. The highest BCUT2D eigenvalue weighted by molar-refractivity contribution is 14.1. The molecule has 2 rings (SSSR count). The van der Waals surface area contributed by atoms with Crippen molar-refractivity contribution in [2.75, 3.05) is 6.61 Å². The van der Waals surface area contributed by atoms with Gasteiger partial charge in [-0.25, -0.2) is 0 Å². The Labute approximate surface area is 96.6 Å². The number of hydrogen-bond donors (Lipinski definition) is 0. The van der Waals surface area contributed by atoms with Crippen LogP contribution < -0.4 is 0 Å². The fourth-order valence-corrected chi connectivity index (χ4v) is 2.65. The van der Waals surface area contributed by atoms with Crippen LogP contribution in [-0.2, 0) is 14.8 Å². The van der Waals surface area contributed by atoms with Gasteiger partial charge in [0.05, 0.1) is 6.61 Å². The van der Waals surface area contributed by atoms with Crippen molar-refractivity contribution >= 4 is 34.2 Å². The number of benzene rings is 1. The monoisotopic (exact) mass is 308 g/mol. The number of rotatable bonds is 0. The number of halogens is 2. The van der Waals surface area contributed by atoms with Crippen LogP contribution in [0.15, 0.2) is 18.2 Å². The molecule has 0 saturated carbocycles. The summed E-state index contributed by atoms with van der Waals surface area (Å²) < 4.78 is 5.46. The average molecular weight is 309 g/mol. The van der Waals surface area contributed by atoms with Crippen LogP contribution >= 0.6 is 34.2 Å². The predicted molar refractivity (Wildman–Crippen MR) is 62.5 cm³/mol. The third-order valence-electron chi connectivity index (χ3n) is 2.33. The van der Waals surface area contributed by atoms with Crippen LogP contribution in [0, 0.1) is 0 Å². The molecule has 0 aromatic heterocycles. The topological polar surface area (TPSA) is 9.23 Å². The third kappa shape index (κ3) is 1.72. The van der Waals surface area contributed by atoms with E-state index in [1.165, 1.54) is 11.1 Å². The zero-order chi connectivity index (χ0) is 9.47. The molecule has 70 valence electrons. The minimum atomic E-state index is -0.212. The summed E-state index contributed by atoms with van der Waals surface area (Å²) in [5.74, 6) is 0. The molecule has 1 nitrogen and oxygen atoms in total. The molecule has 1 aromatic rings. The first-order valence-electron chi connectivity index (χ1n) is 4.22. The van der Waals surface area contributed by atoms with Gasteiger partial charge in [-0.05, 0) is 53.1 Å². The minimum Gasteiger partial charge on any atom is -0.360 e. The highest BCUT2D eigenvalue weighted by atomic mass is 127. The molecule has 1 aliphatic rings. The lowest BCUT2D eigenvalue weighted by molar-refractivity contribution is 0.0405. The number of ether oxygens (including phenoxy) is 1. The second kappa shape index (κ2) is 3.41. The lowest BCUT2D eigenvalue weighted by atomic mass is 9.98. The van der Waals surface area contributed by atoms with Gasteiger partial charge >= 0.3 is 0 Å². The Balaban J connectivity index is 2.58. The Morgan fingerprint density at radius 2 is 2.31 bits per heavy atom. The molecule has 0 aliphatic carbocycles. The van der Waals surface area contributed by atoms with Gasteiger partial charge in [0.2, 0.25) is 0 Å². The molecule has 1 atom stereocenters. The summed E-state index contributed by atoms with van der Waals surface area (Å²) in [4.78, 5) is 0. The van der Waals surface area contributed by atoms with Crippen LogP contribution in [-0.4, -0.2) is 6.61 Å². The molecule has 3 heteroatoms. The zero-order valence-corrected chi connectivity index (χ0v) is 10.2. The first-order valence-corrected chi connectivity index (χ1v) is 5.68. The summed E-state index contributed by atoms with van der Waals surface area (Å²) in [6, 6.07) is 6.01. The Morgan fingerprint density at radius 1 is 1.54 bits per heavy atom. The van der Waals surface area contributed by atoms with Gasteiger partial charge in [-0.15, -0.1) is 0 Å². The Kier molecular flexibility index (Phi) is 2.55. The van der Waals surface area contributed by atoms with Crippen LogP contribution in [0.25, 0.3) is 0 Å². The van der Waals surface area contributed by atoms with Crippen molar-refractivity contribution in [3.05, 3.63) is 34.3 Å². The molecule has 13 heavy (non-hydrogen) atoms. The summed E-state index contributed by atoms with van der Waals surface area (Å²) >= 11 is 8.43. The van der Waals surface area contributed by atoms with Gasteiger partial charge in [0.25, 0.3) is 0 Å². The number of hydrogen-bond acceptors (Lipinski definition) is 1. The summed E-state index contributed by atoms with van der Waals surface area (Å²) in [7, 11) is 0. The van der Waals surface area contributed by atoms with Crippen molar-refractivity contribution in [3.63, 3.8) is 0 Å². The molecule has 1 unspecified atom stereocenters. The lowest BCUT2D eigenvalue weighted by Crippen LogP contribution is -2.26. The van der Waals surface area contributed by atoms with Crippen LogP contribution in [0.1, 0.15) is 18.1 Å². The molecular formula is C10H10ClIO. The fraction of sp³-hybridized carbons (Fsp3) is 0.400. The van der Waals surface area contributed by atoms with Gasteiger partial charge < -0.3 is 4.74 Å². The van der Waals surface area contributed by atoms with Crippen LogP contribution in [0.4, 0.5) is 0 Å². The summed E-state index contributed by atoms with van der Waals surface area (Å²) in [6.45, 7) is 2.83. The van der Waals surface area contributed by atoms with Gasteiger partial charge in [-0.3, -0.25) is 0 Å². The maximum absolute atomic E-state index is 6.11. The Morgan fingerprint density at radius 3 is 3.00 bits per heavy atom. The van der Waals surface area contributed by atoms with Crippen LogP contribution in [0.5, 0.6) is 0 Å². The number of alkyl halides is 1. The standard InChI is InChI=1S/C10H10ClIO/c1-10(12)8-3-2-4-9(11)7(8)5-6-13-10/h2-4H,5-6H2,1H3. The van der Waals surface area contributed by atoms with E-state index in [0.717, 1.165) is 18.1 Å². The molecular weight excluding hydrogens is 298 g/mol. The van der Waals surface area contributed by atoms with E-state index >= 15 is 0 Å². The minimum absolute atomic E-state index is 0.212. The van der Waals surface area contributed by atoms with Crippen molar-refractivity contribution in [1.82, 2.24) is 0 Å². The van der Waals surface area contributed by atoms with Crippen molar-refractivity contribution in [3.8, 4) is 0 Å². The highest BCUT2D eigenvalue weighted by Gasteiger charge is 2.30. The molecule has 0 fully saturated rings. The van der Waals surface area contributed by atoms with E-state index in [9.17, 15) is 0 Å². The van der Waals surface area contributed by atoms with Crippen molar-refractivity contribution in [2.45, 2.75) is 17.0 Å². The third-order valence-corrected chi connectivity index (χ3v) is 3.57. The predicted octanol–water partition coefficient (Wildman–Crippen LogP) is 3.52. The smallest absolute Gasteiger partial charge is 0.141 e. The fourth-order valence-electron chi connectivity index (χ4n) is 1.65. The molecule has 0 radical (unpaired) electrons. The largest absolute Gasteiger partial charge is 0.360 e. The summed E-state index contributed by atoms with van der Waals surface area (Å²) in [5.41, 5.74) is 2.46. The molecule has 1 aromatic carbocycles. The molecule has 0 saturated heterocycles. The van der Waals surface area contributed by atoms with Crippen molar-refractivity contribution < 1.29 is 4.74 Å². The van der Waals surface area contributed by atoms with Gasteiger partial charge in [0, 0.05) is 5.02 Å². The van der Waals surface area contributed by atoms with Crippen molar-refractivity contribution in [2.24, 2.45) is 0 Å². The van der Waals surface area contributed by atoms with Gasteiger partial charge in [-0.2, -0.15) is 0 Å². The van der Waals surface area contributed by atoms with Gasteiger partial charge in [0.1, 0.15) is 3.61 Å². The first-order chi connectivity index (χ1) is 6.11. The molecule has 0 spiro atoms. The lowest BCUT2D eigenvalue weighted by Gasteiger charge is -2.31. The molecule has 1 aliphatic heterocycles. The van der Waals surface area contributed by atoms with E-state index in [1.54, 1.807) is 0 Å². The average Bonchev–Trinajstić information content (AvgIpc) is 2.06. The quantitative estimate of drug-likeness (QED) is 0.526. The second-order valence-corrected chi connectivity index (χ2v) is 5.75. The van der Waals surface area contributed by atoms with E-state index in [4.69, 9.17) is 16.3 Å². The van der Waals surface area contributed by atoms with E-state index < -0.39 is 0 Å². The maximum atomic E-state index is 6.11. The summed E-state index contributed by atoms with van der Waals surface area (Å²) in [5, 5.41) is 0.865. The zero-order valence-electron chi connectivity index (χ0n) is 7.31. The maximum Gasteiger partial charge on any atom is 0.141 e. The molecule has 1 heterocycles. The normalized spacial score (nSPS) is 27.0. The Hall–Kier alpha value is 0.200. The first kappa shape index (κ1) is 9.74. The number of fused-ring (bicyclic) bond motifs is 1. The molecule has 0 N–H and O–H groups in total. The SMILES string of the molecule is CC1(I)OCCc2c(Cl)cccc21. The van der Waals surface area contributed by atoms with Gasteiger partial charge in [-0.1, -0.05) is 23.7 Å². The van der Waals surface area contributed by atoms with E-state index in [2.05, 4.69) is 35.6 Å². The Bertz CT molecular complexity index is 336. The highest BCUT2D eigenvalue weighted by Crippen LogP contribution is 2.40. The van der Waals surface area contributed by atoms with E-state index in [1.807, 2.05) is 12.1 Å². The summed E-state index contributed by atoms with van der Waals surface area (Å²) in [6.07, 6.45) is 0.924. The van der Waals surface area contributed by atoms with Gasteiger partial charge in [0.15, 0.2) is 0 Å². The van der Waals surface area contributed by atoms with E-state index in [0.29, 0.717) is 0 Å². The van der Waals surface area contributed by atoms with Crippen LogP contribution in [0.3, 0.4) is 0 Å². The molecule has 0 bridgehead atoms. The second-order valence-electron chi connectivity index (χ2n) is 3.28. The van der Waals surface area contributed by atoms with Crippen LogP contribution in [0.2, 0.25) is 5.02 Å². The van der Waals surface area contributed by atoms with Crippen molar-refractivity contribution in [1.29, 1.82) is 0 Å².